The lowest BCUT2D eigenvalue weighted by molar-refractivity contribution is -0.316. The van der Waals surface area contributed by atoms with Crippen molar-refractivity contribution in [2.75, 3.05) is 26.9 Å². The molecule has 0 aromatic carbocycles. The fourth-order valence-electron chi connectivity index (χ4n) is 5.79. The maximum Gasteiger partial charge on any atom is 0.348 e. The number of esters is 5. The number of hydrogen-bond donors (Lipinski definition) is 3. The van der Waals surface area contributed by atoms with Crippen molar-refractivity contribution in [3.05, 3.63) is 94.9 Å². The van der Waals surface area contributed by atoms with Gasteiger partial charge in [0.2, 0.25) is 5.79 Å². The van der Waals surface area contributed by atoms with E-state index >= 15 is 0 Å². The van der Waals surface area contributed by atoms with Crippen molar-refractivity contribution in [3.63, 3.8) is 0 Å². The average Bonchev–Trinajstić information content (AvgIpc) is 3.08. The molecule has 1 saturated carbocycles. The highest BCUT2D eigenvalue weighted by atomic mass is 16.8. The summed E-state index contributed by atoms with van der Waals surface area (Å²) < 4.78 is 48.3. The van der Waals surface area contributed by atoms with Gasteiger partial charge >= 0.3 is 29.8 Å². The molecule has 0 aromatic heterocycles. The Balaban J connectivity index is 1.16. The lowest BCUT2D eigenvalue weighted by atomic mass is 9.87. The van der Waals surface area contributed by atoms with Crippen LogP contribution in [0.5, 0.6) is 0 Å². The largest absolute Gasteiger partial charge is 0.480 e. The van der Waals surface area contributed by atoms with E-state index < -0.39 is 77.1 Å². The molecule has 3 unspecified atom stereocenters. The first kappa shape index (κ1) is 38.6. The maximum absolute atomic E-state index is 12.9. The first-order valence-electron chi connectivity index (χ1n) is 16.4. The Morgan fingerprint density at radius 3 is 1.85 bits per heavy atom. The van der Waals surface area contributed by atoms with Gasteiger partial charge in [0.1, 0.15) is 29.9 Å². The van der Waals surface area contributed by atoms with Crippen LogP contribution in [-0.2, 0) is 66.6 Å². The third-order valence-corrected chi connectivity index (χ3v) is 8.48. The van der Waals surface area contributed by atoms with E-state index in [0.29, 0.717) is 6.42 Å². The number of carbonyl (C=O) groups is 5. The van der Waals surface area contributed by atoms with Crippen LogP contribution in [-0.4, -0.2) is 95.2 Å². The number of cyclic esters (lactones) is 2. The van der Waals surface area contributed by atoms with Gasteiger partial charge in [-0.1, -0.05) is 43.4 Å². The summed E-state index contributed by atoms with van der Waals surface area (Å²) in [5, 5.41) is 29.7. The molecule has 284 valence electrons. The third kappa shape index (κ3) is 8.54. The first-order chi connectivity index (χ1) is 25.2. The van der Waals surface area contributed by atoms with Gasteiger partial charge in [-0.2, -0.15) is 0 Å². The summed E-state index contributed by atoms with van der Waals surface area (Å²) in [6, 6.07) is 0. The lowest BCUT2D eigenvalue weighted by Crippen LogP contribution is -2.57. The van der Waals surface area contributed by atoms with Gasteiger partial charge in [-0.05, 0) is 30.7 Å². The van der Waals surface area contributed by atoms with Crippen molar-refractivity contribution in [2.45, 2.75) is 69.1 Å². The zero-order chi connectivity index (χ0) is 38.4. The Bertz CT molecular complexity index is 1760. The van der Waals surface area contributed by atoms with E-state index in [1.165, 1.54) is 68.7 Å². The second-order valence-electron chi connectivity index (χ2n) is 12.5. The van der Waals surface area contributed by atoms with Crippen molar-refractivity contribution in [2.24, 2.45) is 0 Å². The molecule has 4 aliphatic heterocycles. The molecular weight excluding hydrogens is 704 g/mol. The third-order valence-electron chi connectivity index (χ3n) is 8.48. The van der Waals surface area contributed by atoms with Crippen LogP contribution < -0.4 is 0 Å². The normalized spacial score (nSPS) is 31.7. The van der Waals surface area contributed by atoms with Crippen LogP contribution in [0.1, 0.15) is 46.0 Å². The monoisotopic (exact) mass is 742 g/mol. The first-order valence-corrected chi connectivity index (χ1v) is 16.4. The molecule has 5 aliphatic rings. The van der Waals surface area contributed by atoms with Crippen LogP contribution in [0.2, 0.25) is 0 Å². The van der Waals surface area contributed by atoms with Gasteiger partial charge in [0.25, 0.3) is 29.3 Å². The molecule has 17 nitrogen and oxygen atoms in total. The second-order valence-corrected chi connectivity index (χ2v) is 12.5. The molecular formula is C36H38O17. The standard InChI is InChI=1S/C36H38O17/c1-4-34(20-37)50-29(41)24(30(42)51-34)14-9-6-10-15-25-31(43)52-36(53-32(25)44)17-11-16-35(19-36)46-18-22(26(38)49-35)12-7-5-8-13-23-27(39)47-33(2,21-45-3)48-28(23)40/h5-10,12-15,37,39,41H,4,11,16-21H2,1-3H3/b7-5+,10-6+,13-8+,14-9+,22-12+,25-15?. The van der Waals surface area contributed by atoms with Crippen LogP contribution in [0.25, 0.3) is 0 Å². The Morgan fingerprint density at radius 1 is 0.698 bits per heavy atom. The second kappa shape index (κ2) is 15.5. The van der Waals surface area contributed by atoms with Crippen LogP contribution in [0.4, 0.5) is 0 Å². The SMILES string of the molecule is CCC1(CO)OC(=O)C(/C=C/C=C/C=C2C(=O)OC3(CCCC4(C3)OC\C(=C/C=C/C=C/C3=C(O)OC(C)(COC)OC3=O)C(=O)O4)OC2=O)=C(O)O1. The highest BCUT2D eigenvalue weighted by Crippen LogP contribution is 2.46. The molecule has 2 saturated heterocycles. The van der Waals surface area contributed by atoms with E-state index in [-0.39, 0.29) is 55.6 Å². The van der Waals surface area contributed by atoms with Crippen molar-refractivity contribution in [1.29, 1.82) is 0 Å². The maximum atomic E-state index is 12.9. The van der Waals surface area contributed by atoms with Crippen LogP contribution in [0.15, 0.2) is 94.9 Å². The van der Waals surface area contributed by atoms with Gasteiger partial charge in [0.15, 0.2) is 0 Å². The highest BCUT2D eigenvalue weighted by molar-refractivity contribution is 6.15. The summed E-state index contributed by atoms with van der Waals surface area (Å²) in [7, 11) is 1.39. The van der Waals surface area contributed by atoms with E-state index in [9.17, 15) is 39.3 Å². The van der Waals surface area contributed by atoms with Crippen LogP contribution >= 0.6 is 0 Å². The highest BCUT2D eigenvalue weighted by Gasteiger charge is 2.57. The molecule has 4 heterocycles. The molecule has 0 bridgehead atoms. The molecule has 53 heavy (non-hydrogen) atoms. The Hall–Kier alpha value is -5.65. The van der Waals surface area contributed by atoms with Gasteiger partial charge in [0, 0.05) is 33.3 Å². The summed E-state index contributed by atoms with van der Waals surface area (Å²) in [5.41, 5.74) is -0.799. The molecule has 0 aromatic rings. The smallest absolute Gasteiger partial charge is 0.348 e. The van der Waals surface area contributed by atoms with Crippen molar-refractivity contribution >= 4 is 29.8 Å². The Labute approximate surface area is 302 Å². The Morgan fingerprint density at radius 2 is 1.28 bits per heavy atom. The van der Waals surface area contributed by atoms with Gasteiger partial charge in [-0.25, -0.2) is 24.0 Å². The Kier molecular flexibility index (Phi) is 11.3. The number of methoxy groups -OCH3 is 1. The summed E-state index contributed by atoms with van der Waals surface area (Å²) in [5.74, 6) is -12.2. The minimum absolute atomic E-state index is 0.0928. The predicted octanol–water partition coefficient (Wildman–Crippen LogP) is 2.85. The number of carbonyl (C=O) groups excluding carboxylic acids is 5. The topological polar surface area (TPSA) is 229 Å². The molecule has 3 fully saturated rings. The molecule has 3 N–H and O–H groups in total. The quantitative estimate of drug-likeness (QED) is 0.0961. The fraction of sp³-hybridized carbons (Fsp3) is 0.417. The predicted molar refractivity (Wildman–Crippen MR) is 175 cm³/mol. The number of allylic oxidation sites excluding steroid dienone is 8. The zero-order valence-electron chi connectivity index (χ0n) is 29.0. The minimum Gasteiger partial charge on any atom is -0.480 e. The van der Waals surface area contributed by atoms with E-state index in [0.717, 1.165) is 6.08 Å². The molecule has 0 radical (unpaired) electrons. The van der Waals surface area contributed by atoms with Gasteiger partial charge in [0.05, 0.1) is 18.6 Å². The molecule has 2 spiro atoms. The van der Waals surface area contributed by atoms with E-state index in [1.807, 2.05) is 0 Å². The summed E-state index contributed by atoms with van der Waals surface area (Å²) in [6.07, 6.45) is 13.9. The zero-order valence-corrected chi connectivity index (χ0v) is 29.0. The average molecular weight is 743 g/mol. The molecule has 17 heteroatoms. The van der Waals surface area contributed by atoms with Crippen molar-refractivity contribution in [1.82, 2.24) is 0 Å². The number of hydrogen-bond acceptors (Lipinski definition) is 17. The fourth-order valence-corrected chi connectivity index (χ4v) is 5.79. The number of aliphatic hydroxyl groups excluding tert-OH is 3. The summed E-state index contributed by atoms with van der Waals surface area (Å²) in [6.45, 7) is 2.11. The molecule has 0 amide bonds. The summed E-state index contributed by atoms with van der Waals surface area (Å²) >= 11 is 0. The van der Waals surface area contributed by atoms with E-state index in [1.54, 1.807) is 6.92 Å². The van der Waals surface area contributed by atoms with E-state index in [4.69, 9.17) is 42.6 Å². The molecule has 3 atom stereocenters. The van der Waals surface area contributed by atoms with E-state index in [2.05, 4.69) is 0 Å². The van der Waals surface area contributed by atoms with Gasteiger partial charge in [-0.3, -0.25) is 0 Å². The van der Waals surface area contributed by atoms with Gasteiger partial charge < -0.3 is 58.0 Å². The summed E-state index contributed by atoms with van der Waals surface area (Å²) in [4.78, 5) is 63.4. The van der Waals surface area contributed by atoms with Crippen LogP contribution in [0.3, 0.4) is 0 Å². The van der Waals surface area contributed by atoms with Crippen molar-refractivity contribution in [3.8, 4) is 0 Å². The van der Waals surface area contributed by atoms with Crippen LogP contribution in [0, 0.1) is 0 Å². The number of ether oxygens (including phenoxy) is 9. The molecule has 1 aliphatic carbocycles. The van der Waals surface area contributed by atoms with Gasteiger partial charge in [-0.15, -0.1) is 0 Å². The lowest BCUT2D eigenvalue weighted by Gasteiger charge is -2.47. The number of aliphatic hydroxyl groups is 3. The van der Waals surface area contributed by atoms with Crippen molar-refractivity contribution < 1.29 is 81.9 Å². The minimum atomic E-state index is -1.74. The molecule has 5 rings (SSSR count). The number of rotatable bonds is 10.